The SMILES string of the molecule is Cc1cccnc1C1CCCC(NCCN2CCCS2(=O)=O)C1. The number of rotatable bonds is 5. The second-order valence-electron chi connectivity index (χ2n) is 6.79. The molecule has 1 N–H and O–H groups in total. The summed E-state index contributed by atoms with van der Waals surface area (Å²) in [5.41, 5.74) is 2.52. The third-order valence-electron chi connectivity index (χ3n) is 5.11. The number of hydrogen-bond acceptors (Lipinski definition) is 4. The summed E-state index contributed by atoms with van der Waals surface area (Å²) >= 11 is 0. The second-order valence-corrected chi connectivity index (χ2v) is 8.88. The van der Waals surface area contributed by atoms with Gasteiger partial charge in [0.1, 0.15) is 0 Å². The molecule has 128 valence electrons. The zero-order valence-corrected chi connectivity index (χ0v) is 14.7. The van der Waals surface area contributed by atoms with E-state index in [1.807, 2.05) is 12.3 Å². The Balaban J connectivity index is 1.50. The molecule has 2 aliphatic rings. The van der Waals surface area contributed by atoms with Gasteiger partial charge in [0.25, 0.3) is 0 Å². The summed E-state index contributed by atoms with van der Waals surface area (Å²) < 4.78 is 25.2. The average Bonchev–Trinajstić information content (AvgIpc) is 2.87. The number of nitrogens with zero attached hydrogens (tertiary/aromatic N) is 2. The van der Waals surface area contributed by atoms with E-state index in [0.29, 0.717) is 30.8 Å². The van der Waals surface area contributed by atoms with Gasteiger partial charge in [0.15, 0.2) is 0 Å². The normalized spacial score (nSPS) is 28.0. The fraction of sp³-hybridized carbons (Fsp3) is 0.706. The van der Waals surface area contributed by atoms with Gasteiger partial charge in [-0.2, -0.15) is 0 Å². The van der Waals surface area contributed by atoms with Gasteiger partial charge in [-0.15, -0.1) is 0 Å². The fourth-order valence-electron chi connectivity index (χ4n) is 3.88. The van der Waals surface area contributed by atoms with E-state index in [-0.39, 0.29) is 0 Å². The summed E-state index contributed by atoms with van der Waals surface area (Å²) in [6.45, 7) is 4.17. The highest BCUT2D eigenvalue weighted by atomic mass is 32.2. The van der Waals surface area contributed by atoms with Gasteiger partial charge in [-0.25, -0.2) is 12.7 Å². The van der Waals surface area contributed by atoms with Gasteiger partial charge in [0.2, 0.25) is 10.0 Å². The largest absolute Gasteiger partial charge is 0.313 e. The number of aryl methyl sites for hydroxylation is 1. The van der Waals surface area contributed by atoms with Crippen molar-refractivity contribution in [3.05, 3.63) is 29.6 Å². The van der Waals surface area contributed by atoms with Crippen molar-refractivity contribution in [2.45, 2.75) is 51.0 Å². The molecule has 2 heterocycles. The molecule has 0 spiro atoms. The Kier molecular flexibility index (Phi) is 5.34. The van der Waals surface area contributed by atoms with Crippen LogP contribution in [0.15, 0.2) is 18.3 Å². The van der Waals surface area contributed by atoms with E-state index in [0.717, 1.165) is 19.4 Å². The van der Waals surface area contributed by atoms with Crippen molar-refractivity contribution in [3.63, 3.8) is 0 Å². The molecule has 1 aromatic rings. The van der Waals surface area contributed by atoms with Crippen LogP contribution in [0.1, 0.15) is 49.3 Å². The molecule has 23 heavy (non-hydrogen) atoms. The van der Waals surface area contributed by atoms with E-state index in [1.54, 1.807) is 4.31 Å². The molecule has 2 unspecified atom stereocenters. The predicted molar refractivity (Wildman–Crippen MR) is 92.0 cm³/mol. The smallest absolute Gasteiger partial charge is 0.214 e. The minimum atomic E-state index is -2.97. The molecule has 1 aliphatic heterocycles. The third-order valence-corrected chi connectivity index (χ3v) is 7.06. The maximum atomic E-state index is 11.8. The van der Waals surface area contributed by atoms with Crippen LogP contribution in [-0.2, 0) is 10.0 Å². The first-order valence-corrected chi connectivity index (χ1v) is 10.3. The van der Waals surface area contributed by atoms with Crippen LogP contribution in [-0.4, -0.2) is 49.1 Å². The zero-order valence-electron chi connectivity index (χ0n) is 13.9. The molecular weight excluding hydrogens is 310 g/mol. The Bertz CT molecular complexity index is 632. The van der Waals surface area contributed by atoms with E-state index >= 15 is 0 Å². The van der Waals surface area contributed by atoms with Crippen LogP contribution in [0.25, 0.3) is 0 Å². The van der Waals surface area contributed by atoms with E-state index in [1.165, 1.54) is 30.5 Å². The minimum absolute atomic E-state index is 0.317. The summed E-state index contributed by atoms with van der Waals surface area (Å²) in [5, 5.41) is 3.57. The van der Waals surface area contributed by atoms with E-state index < -0.39 is 10.0 Å². The summed E-state index contributed by atoms with van der Waals surface area (Å²) in [6, 6.07) is 4.60. The van der Waals surface area contributed by atoms with Crippen molar-refractivity contribution in [1.29, 1.82) is 0 Å². The molecule has 2 fully saturated rings. The summed E-state index contributed by atoms with van der Waals surface area (Å²) in [6.07, 6.45) is 7.35. The van der Waals surface area contributed by atoms with Gasteiger partial charge in [0, 0.05) is 43.5 Å². The Labute approximate surface area is 139 Å². The molecule has 3 rings (SSSR count). The molecule has 0 radical (unpaired) electrons. The van der Waals surface area contributed by atoms with Crippen LogP contribution >= 0.6 is 0 Å². The fourth-order valence-corrected chi connectivity index (χ4v) is 5.41. The van der Waals surface area contributed by atoms with Crippen LogP contribution in [0, 0.1) is 6.92 Å². The van der Waals surface area contributed by atoms with Crippen LogP contribution in [0.3, 0.4) is 0 Å². The zero-order chi connectivity index (χ0) is 16.3. The van der Waals surface area contributed by atoms with Crippen molar-refractivity contribution >= 4 is 10.0 Å². The Morgan fingerprint density at radius 3 is 2.96 bits per heavy atom. The van der Waals surface area contributed by atoms with Crippen LogP contribution in [0.5, 0.6) is 0 Å². The molecule has 0 aromatic carbocycles. The molecule has 1 saturated heterocycles. The summed E-state index contributed by atoms with van der Waals surface area (Å²) in [7, 11) is -2.97. The molecule has 5 nitrogen and oxygen atoms in total. The van der Waals surface area contributed by atoms with Gasteiger partial charge in [-0.05, 0) is 44.2 Å². The lowest BCUT2D eigenvalue weighted by atomic mass is 9.82. The molecule has 1 saturated carbocycles. The first-order valence-electron chi connectivity index (χ1n) is 8.69. The van der Waals surface area contributed by atoms with Crippen LogP contribution < -0.4 is 5.32 Å². The number of sulfonamides is 1. The maximum Gasteiger partial charge on any atom is 0.214 e. The van der Waals surface area contributed by atoms with Crippen molar-refractivity contribution in [2.75, 3.05) is 25.4 Å². The maximum absolute atomic E-state index is 11.8. The number of hydrogen-bond donors (Lipinski definition) is 1. The number of nitrogens with one attached hydrogen (secondary N) is 1. The Hall–Kier alpha value is -0.980. The predicted octanol–water partition coefficient (Wildman–Crippen LogP) is 2.04. The second kappa shape index (κ2) is 7.28. The minimum Gasteiger partial charge on any atom is -0.313 e. The number of pyridine rings is 1. The first kappa shape index (κ1) is 16.9. The monoisotopic (exact) mass is 337 g/mol. The molecular formula is C17H27N3O2S. The molecule has 6 heteroatoms. The molecule has 0 bridgehead atoms. The van der Waals surface area contributed by atoms with Crippen LogP contribution in [0.4, 0.5) is 0 Å². The highest BCUT2D eigenvalue weighted by molar-refractivity contribution is 7.89. The summed E-state index contributed by atoms with van der Waals surface area (Å²) in [4.78, 5) is 4.58. The standard InChI is InChI=1S/C17H27N3O2S/c1-14-5-3-8-19-17(14)15-6-2-7-16(13-15)18-9-11-20-10-4-12-23(20,21)22/h3,5,8,15-16,18H,2,4,6-7,9-13H2,1H3. The van der Waals surface area contributed by atoms with Gasteiger partial charge in [-0.1, -0.05) is 12.5 Å². The lowest BCUT2D eigenvalue weighted by Crippen LogP contribution is -2.39. The third kappa shape index (κ3) is 4.11. The van der Waals surface area contributed by atoms with E-state index in [9.17, 15) is 8.42 Å². The summed E-state index contributed by atoms with van der Waals surface area (Å²) in [5.74, 6) is 0.843. The molecule has 1 aromatic heterocycles. The van der Waals surface area contributed by atoms with Crippen molar-refractivity contribution in [1.82, 2.24) is 14.6 Å². The van der Waals surface area contributed by atoms with Gasteiger partial charge >= 0.3 is 0 Å². The lowest BCUT2D eigenvalue weighted by Gasteiger charge is -2.30. The first-order chi connectivity index (χ1) is 11.1. The lowest BCUT2D eigenvalue weighted by molar-refractivity contribution is 0.324. The average molecular weight is 337 g/mol. The Morgan fingerprint density at radius 1 is 1.35 bits per heavy atom. The van der Waals surface area contributed by atoms with Crippen molar-refractivity contribution in [2.24, 2.45) is 0 Å². The van der Waals surface area contributed by atoms with Crippen LogP contribution in [0.2, 0.25) is 0 Å². The van der Waals surface area contributed by atoms with Gasteiger partial charge in [0.05, 0.1) is 5.75 Å². The Morgan fingerprint density at radius 2 is 2.22 bits per heavy atom. The molecule has 1 aliphatic carbocycles. The van der Waals surface area contributed by atoms with E-state index in [2.05, 4.69) is 23.3 Å². The quantitative estimate of drug-likeness (QED) is 0.893. The molecule has 2 atom stereocenters. The van der Waals surface area contributed by atoms with Gasteiger partial charge in [-0.3, -0.25) is 4.98 Å². The molecule has 0 amide bonds. The van der Waals surface area contributed by atoms with Crippen molar-refractivity contribution < 1.29 is 8.42 Å². The highest BCUT2D eigenvalue weighted by Crippen LogP contribution is 2.33. The van der Waals surface area contributed by atoms with Gasteiger partial charge < -0.3 is 5.32 Å². The van der Waals surface area contributed by atoms with Crippen molar-refractivity contribution in [3.8, 4) is 0 Å². The number of aromatic nitrogens is 1. The highest BCUT2D eigenvalue weighted by Gasteiger charge is 2.28. The topological polar surface area (TPSA) is 62.3 Å². The van der Waals surface area contributed by atoms with E-state index in [4.69, 9.17) is 0 Å².